The van der Waals surface area contributed by atoms with E-state index in [0.29, 0.717) is 59.0 Å². The minimum absolute atomic E-state index is 0.0116. The molecule has 3 heterocycles. The highest BCUT2D eigenvalue weighted by molar-refractivity contribution is 6.13. The number of phenolic OH excluding ortho intramolecular Hbond substituents is 1. The summed E-state index contributed by atoms with van der Waals surface area (Å²) in [5.74, 6) is -0.0352. The molecule has 4 aromatic carbocycles. The normalized spacial score (nSPS) is 27.0. The summed E-state index contributed by atoms with van der Waals surface area (Å²) in [4.78, 5) is 29.0. The number of amides is 2. The van der Waals surface area contributed by atoms with Gasteiger partial charge in [-0.05, 0) is 103 Å². The van der Waals surface area contributed by atoms with Crippen molar-refractivity contribution in [3.05, 3.63) is 111 Å². The molecule has 8 aliphatic rings. The van der Waals surface area contributed by atoms with Crippen molar-refractivity contribution < 1.29 is 53.7 Å². The molecule has 14 nitrogen and oxygen atoms in total. The van der Waals surface area contributed by atoms with Crippen LogP contribution in [0.5, 0.6) is 34.5 Å². The molecule has 0 unspecified atom stereocenters. The van der Waals surface area contributed by atoms with Gasteiger partial charge < -0.3 is 49.4 Å². The lowest BCUT2D eigenvalue weighted by Crippen LogP contribution is -2.66. The second kappa shape index (κ2) is 18.0. The van der Waals surface area contributed by atoms with E-state index in [2.05, 4.69) is 53.1 Å². The average Bonchev–Trinajstić information content (AvgIpc) is 3.75. The second-order valence-electron chi connectivity index (χ2n) is 20.9. The first kappa shape index (κ1) is 46.7. The summed E-state index contributed by atoms with van der Waals surface area (Å²) in [6, 6.07) is 13.5. The zero-order valence-electron chi connectivity index (χ0n) is 41.0. The number of benzene rings is 4. The number of nitrogens with zero attached hydrogens (tertiary/aromatic N) is 1. The van der Waals surface area contributed by atoms with Crippen LogP contribution in [-0.4, -0.2) is 90.0 Å². The van der Waals surface area contributed by atoms with Crippen molar-refractivity contribution in [3.8, 4) is 45.6 Å². The van der Waals surface area contributed by atoms with Crippen LogP contribution in [0.3, 0.4) is 0 Å². The molecular formula is C58H63N3O11. The molecule has 8 atom stereocenters. The topological polar surface area (TPSA) is 189 Å². The Bertz CT molecular complexity index is 2960. The van der Waals surface area contributed by atoms with E-state index < -0.39 is 35.1 Å². The third kappa shape index (κ3) is 6.81. The number of carbonyl (C=O) groups is 2. The van der Waals surface area contributed by atoms with Crippen molar-refractivity contribution in [1.82, 2.24) is 10.2 Å². The lowest BCUT2D eigenvalue weighted by Gasteiger charge is -2.63. The SMILES string of the molecule is CCNCOc1cc(OC)c2c3c1[C@H](O)Nc1cc4c(c(c1-3)CC2)[C@@H](O)[C@H](c1cc(OC)c(O)c(OC[C@H](CO)[C@@]23c5c6cccc5C=C[C@H]2CC[C@H](C2(N5C(=O)C=CC5=O)CCCCC2)[C@H]3C=C6)c1)CO4. The van der Waals surface area contributed by atoms with Crippen LogP contribution in [0.15, 0.2) is 66.8 Å². The molecule has 0 spiro atoms. The molecular weight excluding hydrogens is 915 g/mol. The molecule has 0 aromatic heterocycles. The molecule has 0 saturated heterocycles. The van der Waals surface area contributed by atoms with Gasteiger partial charge in [0.15, 0.2) is 17.7 Å². The van der Waals surface area contributed by atoms with Crippen molar-refractivity contribution in [2.24, 2.45) is 23.7 Å². The molecule has 6 N–H and O–H groups in total. The minimum atomic E-state index is -1.06. The number of hydrogen-bond donors (Lipinski definition) is 6. The Kier molecular flexibility index (Phi) is 11.7. The van der Waals surface area contributed by atoms with Gasteiger partial charge in [-0.25, -0.2) is 0 Å². The number of aromatic hydroxyl groups is 1. The fourth-order valence-corrected chi connectivity index (χ4v) is 14.9. The van der Waals surface area contributed by atoms with E-state index >= 15 is 0 Å². The highest BCUT2D eigenvalue weighted by Crippen LogP contribution is 2.65. The van der Waals surface area contributed by atoms with Gasteiger partial charge >= 0.3 is 0 Å². The molecule has 14 heteroatoms. The summed E-state index contributed by atoms with van der Waals surface area (Å²) in [6.45, 7) is 2.84. The number of aliphatic hydroxyl groups is 3. The van der Waals surface area contributed by atoms with Crippen molar-refractivity contribution in [1.29, 1.82) is 0 Å². The molecule has 2 saturated carbocycles. The van der Waals surface area contributed by atoms with Gasteiger partial charge in [0.05, 0.1) is 51.2 Å². The Hall–Kier alpha value is -6.32. The van der Waals surface area contributed by atoms with E-state index in [9.17, 15) is 30.0 Å². The third-order valence-corrected chi connectivity index (χ3v) is 17.8. The average molecular weight is 978 g/mol. The molecule has 0 bridgehead atoms. The Morgan fingerprint density at radius 3 is 2.32 bits per heavy atom. The maximum absolute atomic E-state index is 13.7. The lowest BCUT2D eigenvalue weighted by molar-refractivity contribution is -0.154. The van der Waals surface area contributed by atoms with Gasteiger partial charge in [-0.1, -0.05) is 68.7 Å². The van der Waals surface area contributed by atoms with Crippen LogP contribution in [0.25, 0.3) is 23.3 Å². The molecule has 5 aliphatic carbocycles. The first-order chi connectivity index (χ1) is 35.1. The number of hydrogen-bond acceptors (Lipinski definition) is 13. The summed E-state index contributed by atoms with van der Waals surface area (Å²) in [5, 5.41) is 54.4. The van der Waals surface area contributed by atoms with Crippen LogP contribution in [0.1, 0.15) is 115 Å². The van der Waals surface area contributed by atoms with Crippen LogP contribution >= 0.6 is 0 Å². The minimum Gasteiger partial charge on any atom is -0.502 e. The van der Waals surface area contributed by atoms with Gasteiger partial charge in [0.1, 0.15) is 24.0 Å². The van der Waals surface area contributed by atoms with Crippen LogP contribution < -0.4 is 34.3 Å². The largest absolute Gasteiger partial charge is 0.502 e. The summed E-state index contributed by atoms with van der Waals surface area (Å²) >= 11 is 0. The van der Waals surface area contributed by atoms with Gasteiger partial charge in [0, 0.05) is 69.5 Å². The number of imide groups is 1. The maximum atomic E-state index is 13.7. The zero-order chi connectivity index (χ0) is 49.6. The number of aliphatic hydroxyl groups excluding tert-OH is 3. The van der Waals surface area contributed by atoms with Crippen molar-refractivity contribution in [2.75, 3.05) is 52.6 Å². The van der Waals surface area contributed by atoms with Gasteiger partial charge in [0.25, 0.3) is 11.8 Å². The van der Waals surface area contributed by atoms with Gasteiger partial charge in [-0.2, -0.15) is 0 Å². The first-order valence-corrected chi connectivity index (χ1v) is 25.8. The molecule has 12 rings (SSSR count). The summed E-state index contributed by atoms with van der Waals surface area (Å²) in [7, 11) is 3.11. The van der Waals surface area contributed by atoms with Crippen LogP contribution in [-0.2, 0) is 27.8 Å². The number of nitrogens with one attached hydrogen (secondary N) is 2. The number of methoxy groups -OCH3 is 2. The Morgan fingerprint density at radius 1 is 0.847 bits per heavy atom. The number of phenols is 1. The Morgan fingerprint density at radius 2 is 1.58 bits per heavy atom. The fraction of sp³-hybridized carbons (Fsp3) is 0.448. The van der Waals surface area contributed by atoms with E-state index in [0.717, 1.165) is 83.9 Å². The van der Waals surface area contributed by atoms with Gasteiger partial charge in [0.2, 0.25) is 5.75 Å². The van der Waals surface area contributed by atoms with Crippen LogP contribution in [0.2, 0.25) is 0 Å². The van der Waals surface area contributed by atoms with Crippen molar-refractivity contribution in [3.63, 3.8) is 0 Å². The van der Waals surface area contributed by atoms with Crippen LogP contribution in [0, 0.1) is 23.7 Å². The number of carbonyl (C=O) groups excluding carboxylic acids is 2. The van der Waals surface area contributed by atoms with E-state index in [1.165, 1.54) is 19.3 Å². The number of anilines is 1. The zero-order valence-corrected chi connectivity index (χ0v) is 41.0. The standard InChI is InChI=1S/C58H63N3O11/c1-4-59-30-72-44-26-42(68-2)36-15-16-37-49-41(60-56(67)52(44)51(36)49)25-43-50(37)54(65)38(29-71-43)33-23-45(69-3)55(66)46(24-33)70-28-35(27-62)58-34-13-11-31-9-8-10-32(53(31)58)12-17-40(58)39(18-14-34)57(21-6-5-7-22-57)61-47(63)19-20-48(61)64/h8-13,17,19-20,23-26,34-35,38-40,54,56,59-60,62,65-67H,4-7,14-16,18,21-22,27-30H2,1-3H3/t34-,35-,38-,39-,40+,54-,56-,58-/m0/s1. The number of ether oxygens (including phenoxy) is 5. The quantitative estimate of drug-likeness (QED) is 0.0406. The van der Waals surface area contributed by atoms with E-state index in [1.807, 2.05) is 19.1 Å². The molecule has 72 heavy (non-hydrogen) atoms. The molecule has 2 amide bonds. The van der Waals surface area contributed by atoms with E-state index in [4.69, 9.17) is 23.7 Å². The lowest BCUT2D eigenvalue weighted by atomic mass is 9.43. The maximum Gasteiger partial charge on any atom is 0.254 e. The van der Waals surface area contributed by atoms with Crippen LogP contribution in [0.4, 0.5) is 5.69 Å². The number of fused-ring (bicyclic) bond motifs is 2. The first-order valence-electron chi connectivity index (χ1n) is 25.8. The van der Waals surface area contributed by atoms with Gasteiger partial charge in [-0.15, -0.1) is 0 Å². The van der Waals surface area contributed by atoms with Crippen molar-refractivity contribution >= 4 is 29.7 Å². The monoisotopic (exact) mass is 977 g/mol. The molecule has 376 valence electrons. The highest BCUT2D eigenvalue weighted by atomic mass is 16.5. The second-order valence-corrected chi connectivity index (χ2v) is 20.9. The third-order valence-electron chi connectivity index (χ3n) is 17.8. The molecule has 4 aromatic rings. The smallest absolute Gasteiger partial charge is 0.254 e. The number of allylic oxidation sites excluding steroid dienone is 2. The van der Waals surface area contributed by atoms with E-state index in [-0.39, 0.29) is 73.4 Å². The fourth-order valence-electron chi connectivity index (χ4n) is 14.9. The molecule has 2 fully saturated rings. The predicted octanol–water partition coefficient (Wildman–Crippen LogP) is 8.00. The van der Waals surface area contributed by atoms with Gasteiger partial charge in [-0.3, -0.25) is 19.8 Å². The highest BCUT2D eigenvalue weighted by Gasteiger charge is 2.64. The molecule has 3 aliphatic heterocycles. The van der Waals surface area contributed by atoms with Crippen molar-refractivity contribution in [2.45, 2.75) is 93.9 Å². The predicted molar refractivity (Wildman–Crippen MR) is 270 cm³/mol. The Balaban J connectivity index is 0.905. The van der Waals surface area contributed by atoms with E-state index in [1.54, 1.807) is 24.1 Å². The Labute approximate surface area is 419 Å². The number of rotatable bonds is 14. The summed E-state index contributed by atoms with van der Waals surface area (Å²) < 4.78 is 31.3. The molecule has 0 radical (unpaired) electrons. The summed E-state index contributed by atoms with van der Waals surface area (Å²) in [6.07, 6.45) is 16.8. The summed E-state index contributed by atoms with van der Waals surface area (Å²) in [5.41, 5.74) is 8.08.